The van der Waals surface area contributed by atoms with E-state index in [4.69, 9.17) is 16.3 Å². The fourth-order valence-corrected chi connectivity index (χ4v) is 1.89. The van der Waals surface area contributed by atoms with E-state index in [2.05, 4.69) is 9.97 Å². The predicted octanol–water partition coefficient (Wildman–Crippen LogP) is 4.21. The number of fused-ring (bicyclic) bond motifs is 1. The summed E-state index contributed by atoms with van der Waals surface area (Å²) in [5.41, 5.74) is 0.742. The number of ether oxygens (including phenoxy) is 1. The molecule has 0 N–H and O–H groups in total. The van der Waals surface area contributed by atoms with Crippen molar-refractivity contribution in [2.45, 2.75) is 0 Å². The van der Waals surface area contributed by atoms with Gasteiger partial charge in [-0.05, 0) is 36.4 Å². The van der Waals surface area contributed by atoms with Crippen molar-refractivity contribution < 1.29 is 9.13 Å². The zero-order valence-electron chi connectivity index (χ0n) is 9.68. The van der Waals surface area contributed by atoms with Crippen LogP contribution in [-0.4, -0.2) is 9.97 Å². The van der Waals surface area contributed by atoms with E-state index >= 15 is 0 Å². The first kappa shape index (κ1) is 11.9. The Morgan fingerprint density at radius 1 is 1.11 bits per heavy atom. The summed E-state index contributed by atoms with van der Waals surface area (Å²) in [7, 11) is 0. The van der Waals surface area contributed by atoms with Gasteiger partial charge in [0.25, 0.3) is 0 Å². The minimum Gasteiger partial charge on any atom is -0.456 e. The van der Waals surface area contributed by atoms with E-state index < -0.39 is 0 Å². The molecule has 0 atom stereocenters. The highest BCUT2D eigenvalue weighted by molar-refractivity contribution is 6.32. The first-order valence-corrected chi connectivity index (χ1v) is 5.93. The molecule has 1 heterocycles. The van der Waals surface area contributed by atoms with Gasteiger partial charge in [0.2, 0.25) is 0 Å². The van der Waals surface area contributed by atoms with Gasteiger partial charge in [-0.1, -0.05) is 11.6 Å². The Labute approximate surface area is 113 Å². The van der Waals surface area contributed by atoms with Crippen molar-refractivity contribution in [3.8, 4) is 11.5 Å². The topological polar surface area (TPSA) is 35.0 Å². The lowest BCUT2D eigenvalue weighted by atomic mass is 10.2. The molecular formula is C14H8ClFN2O. The standard InChI is InChI=1S/C14H8ClFN2O/c15-12-6-13-9(7-17-8-18-13)5-14(12)19-11-3-1-10(16)2-4-11/h1-8H. The largest absolute Gasteiger partial charge is 0.456 e. The average molecular weight is 275 g/mol. The first-order chi connectivity index (χ1) is 9.22. The smallest absolute Gasteiger partial charge is 0.146 e. The molecule has 0 aliphatic carbocycles. The van der Waals surface area contributed by atoms with Gasteiger partial charge < -0.3 is 4.74 Å². The Kier molecular flexibility index (Phi) is 3.01. The molecule has 3 nitrogen and oxygen atoms in total. The van der Waals surface area contributed by atoms with E-state index in [-0.39, 0.29) is 5.82 Å². The second kappa shape index (κ2) is 4.82. The van der Waals surface area contributed by atoms with Crippen LogP contribution in [0.1, 0.15) is 0 Å². The molecule has 19 heavy (non-hydrogen) atoms. The molecule has 0 saturated heterocycles. The van der Waals surface area contributed by atoms with Gasteiger partial charge in [-0.15, -0.1) is 0 Å². The van der Waals surface area contributed by atoms with Crippen LogP contribution in [0.4, 0.5) is 4.39 Å². The van der Waals surface area contributed by atoms with Crippen LogP contribution < -0.4 is 4.74 Å². The molecule has 0 spiro atoms. The SMILES string of the molecule is Fc1ccc(Oc2cc3cncnc3cc2Cl)cc1. The minimum absolute atomic E-state index is 0.314. The van der Waals surface area contributed by atoms with Crippen molar-refractivity contribution in [2.24, 2.45) is 0 Å². The fraction of sp³-hybridized carbons (Fsp3) is 0. The van der Waals surface area contributed by atoms with E-state index in [9.17, 15) is 4.39 Å². The molecule has 3 aromatic rings. The molecule has 0 radical (unpaired) electrons. The Bertz CT molecular complexity index is 731. The second-order valence-electron chi connectivity index (χ2n) is 3.92. The Hall–Kier alpha value is -2.20. The third-order valence-electron chi connectivity index (χ3n) is 2.60. The average Bonchev–Trinajstić information content (AvgIpc) is 2.42. The monoisotopic (exact) mass is 274 g/mol. The highest BCUT2D eigenvalue weighted by Crippen LogP contribution is 2.32. The van der Waals surface area contributed by atoms with Gasteiger partial charge in [0, 0.05) is 11.6 Å². The number of benzene rings is 2. The maximum Gasteiger partial charge on any atom is 0.146 e. The molecule has 0 bridgehead atoms. The van der Waals surface area contributed by atoms with Crippen LogP contribution in [0.3, 0.4) is 0 Å². The number of nitrogens with zero attached hydrogens (tertiary/aromatic N) is 2. The van der Waals surface area contributed by atoms with Crippen LogP contribution in [0, 0.1) is 5.82 Å². The Morgan fingerprint density at radius 2 is 1.89 bits per heavy atom. The number of hydrogen-bond donors (Lipinski definition) is 0. The summed E-state index contributed by atoms with van der Waals surface area (Å²) in [6.07, 6.45) is 3.13. The van der Waals surface area contributed by atoms with E-state index in [0.29, 0.717) is 16.5 Å². The Morgan fingerprint density at radius 3 is 2.68 bits per heavy atom. The summed E-state index contributed by atoms with van der Waals surface area (Å²) in [5.74, 6) is 0.681. The summed E-state index contributed by atoms with van der Waals surface area (Å²) in [6, 6.07) is 9.19. The van der Waals surface area contributed by atoms with Crippen molar-refractivity contribution in [3.63, 3.8) is 0 Å². The zero-order valence-corrected chi connectivity index (χ0v) is 10.4. The summed E-state index contributed by atoms with van der Waals surface area (Å²) >= 11 is 6.12. The van der Waals surface area contributed by atoms with Crippen molar-refractivity contribution in [2.75, 3.05) is 0 Å². The van der Waals surface area contributed by atoms with Crippen molar-refractivity contribution >= 4 is 22.5 Å². The van der Waals surface area contributed by atoms with Crippen LogP contribution in [0.15, 0.2) is 48.9 Å². The quantitative estimate of drug-likeness (QED) is 0.702. The summed E-state index contributed by atoms with van der Waals surface area (Å²) in [4.78, 5) is 8.04. The lowest BCUT2D eigenvalue weighted by Crippen LogP contribution is -1.88. The lowest BCUT2D eigenvalue weighted by Gasteiger charge is -2.08. The first-order valence-electron chi connectivity index (χ1n) is 5.55. The molecular weight excluding hydrogens is 267 g/mol. The van der Waals surface area contributed by atoms with Crippen LogP contribution >= 0.6 is 11.6 Å². The zero-order chi connectivity index (χ0) is 13.2. The van der Waals surface area contributed by atoms with E-state index in [1.54, 1.807) is 18.3 Å². The highest BCUT2D eigenvalue weighted by Gasteiger charge is 2.06. The minimum atomic E-state index is -0.314. The molecule has 0 saturated carbocycles. The van der Waals surface area contributed by atoms with Crippen molar-refractivity contribution in [1.29, 1.82) is 0 Å². The van der Waals surface area contributed by atoms with Gasteiger partial charge in [-0.3, -0.25) is 0 Å². The number of hydrogen-bond acceptors (Lipinski definition) is 3. The third-order valence-corrected chi connectivity index (χ3v) is 2.90. The molecule has 0 fully saturated rings. The molecule has 0 unspecified atom stereocenters. The van der Waals surface area contributed by atoms with Crippen LogP contribution in [0.2, 0.25) is 5.02 Å². The normalized spacial score (nSPS) is 10.6. The van der Waals surface area contributed by atoms with Crippen LogP contribution in [-0.2, 0) is 0 Å². The van der Waals surface area contributed by atoms with Gasteiger partial charge in [0.1, 0.15) is 23.6 Å². The van der Waals surface area contributed by atoms with E-state index in [1.165, 1.54) is 30.6 Å². The predicted molar refractivity (Wildman–Crippen MR) is 71.0 cm³/mol. The van der Waals surface area contributed by atoms with Crippen LogP contribution in [0.5, 0.6) is 11.5 Å². The number of aromatic nitrogens is 2. The summed E-state index contributed by atoms with van der Waals surface area (Å²) in [5, 5.41) is 1.26. The van der Waals surface area contributed by atoms with Gasteiger partial charge in [-0.25, -0.2) is 14.4 Å². The molecule has 94 valence electrons. The van der Waals surface area contributed by atoms with Crippen molar-refractivity contribution in [1.82, 2.24) is 9.97 Å². The molecule has 2 aromatic carbocycles. The number of halogens is 2. The molecule has 5 heteroatoms. The maximum atomic E-state index is 12.8. The molecule has 0 amide bonds. The van der Waals surface area contributed by atoms with Gasteiger partial charge >= 0.3 is 0 Å². The fourth-order valence-electron chi connectivity index (χ4n) is 1.69. The summed E-state index contributed by atoms with van der Waals surface area (Å²) < 4.78 is 18.4. The van der Waals surface area contributed by atoms with E-state index in [1.807, 2.05) is 0 Å². The number of rotatable bonds is 2. The second-order valence-corrected chi connectivity index (χ2v) is 4.33. The third kappa shape index (κ3) is 2.48. The maximum absolute atomic E-state index is 12.8. The highest BCUT2D eigenvalue weighted by atomic mass is 35.5. The Balaban J connectivity index is 2.00. The lowest BCUT2D eigenvalue weighted by molar-refractivity contribution is 0.481. The van der Waals surface area contributed by atoms with Gasteiger partial charge in [-0.2, -0.15) is 0 Å². The molecule has 0 aliphatic rings. The van der Waals surface area contributed by atoms with Gasteiger partial charge in [0.15, 0.2) is 0 Å². The van der Waals surface area contributed by atoms with E-state index in [0.717, 1.165) is 10.9 Å². The molecule has 0 aliphatic heterocycles. The van der Waals surface area contributed by atoms with Crippen LogP contribution in [0.25, 0.3) is 10.9 Å². The van der Waals surface area contributed by atoms with Crippen molar-refractivity contribution in [3.05, 3.63) is 59.8 Å². The van der Waals surface area contributed by atoms with Gasteiger partial charge in [0.05, 0.1) is 10.5 Å². The summed E-state index contributed by atoms with van der Waals surface area (Å²) in [6.45, 7) is 0. The molecule has 3 rings (SSSR count). The molecule has 1 aromatic heterocycles.